The quantitative estimate of drug-likeness (QED) is 0.619. The predicted octanol–water partition coefficient (Wildman–Crippen LogP) is 3.61. The van der Waals surface area contributed by atoms with E-state index in [1.807, 2.05) is 6.92 Å². The van der Waals surface area contributed by atoms with Gasteiger partial charge in [0.25, 0.3) is 0 Å². The molecule has 0 aliphatic carbocycles. The lowest BCUT2D eigenvalue weighted by atomic mass is 9.89. The molecule has 3 N–H and O–H groups in total. The maximum atomic E-state index is 13.4. The molecule has 2 aromatic rings. The molecule has 0 radical (unpaired) electrons. The van der Waals surface area contributed by atoms with Crippen LogP contribution in [-0.4, -0.2) is 65.9 Å². The van der Waals surface area contributed by atoms with E-state index in [0.717, 1.165) is 56.7 Å². The molecule has 0 unspecified atom stereocenters. The van der Waals surface area contributed by atoms with Crippen molar-refractivity contribution in [1.29, 1.82) is 0 Å². The highest BCUT2D eigenvalue weighted by atomic mass is 16.2. The number of aryl methyl sites for hydroxylation is 2. The lowest BCUT2D eigenvalue weighted by Gasteiger charge is -2.39. The van der Waals surface area contributed by atoms with Gasteiger partial charge in [0.05, 0.1) is 17.9 Å². The molecular weight excluding hydrogens is 452 g/mol. The molecule has 2 aliphatic rings. The molecule has 0 bridgehead atoms. The Hall–Kier alpha value is -3.13. The number of hydrogen-bond acceptors (Lipinski definition) is 6. The van der Waals surface area contributed by atoms with Crippen molar-refractivity contribution in [3.8, 4) is 0 Å². The summed E-state index contributed by atoms with van der Waals surface area (Å²) in [5.41, 5.74) is 10.8. The van der Waals surface area contributed by atoms with Crippen molar-refractivity contribution < 1.29 is 9.59 Å². The van der Waals surface area contributed by atoms with E-state index in [2.05, 4.69) is 59.1 Å². The van der Waals surface area contributed by atoms with E-state index in [0.29, 0.717) is 30.4 Å². The van der Waals surface area contributed by atoms with Crippen LogP contribution in [0.1, 0.15) is 56.3 Å². The fourth-order valence-electron chi connectivity index (χ4n) is 5.46. The van der Waals surface area contributed by atoms with E-state index in [1.54, 1.807) is 11.0 Å². The molecule has 0 spiro atoms. The highest BCUT2D eigenvalue weighted by Gasteiger charge is 2.34. The Labute approximate surface area is 214 Å². The van der Waals surface area contributed by atoms with Crippen LogP contribution in [0.15, 0.2) is 30.5 Å². The Bertz CT molecular complexity index is 1100. The fraction of sp³-hybridized carbons (Fsp3) is 0.536. The largest absolute Gasteiger partial charge is 0.383 e. The third-order valence-electron chi connectivity index (χ3n) is 7.68. The number of likely N-dealkylation sites (N-methyl/N-ethyl adjacent to an activating group) is 1. The number of nitrogens with zero attached hydrogens (tertiary/aromatic N) is 4. The summed E-state index contributed by atoms with van der Waals surface area (Å²) in [4.78, 5) is 37.2. The Morgan fingerprint density at radius 1 is 1.11 bits per heavy atom. The smallest absolute Gasteiger partial charge is 0.313 e. The average molecular weight is 493 g/mol. The minimum atomic E-state index is -0.634. The number of carbonyl (C=O) groups is 2. The minimum Gasteiger partial charge on any atom is -0.383 e. The lowest BCUT2D eigenvalue weighted by Crippen LogP contribution is -2.47. The first-order valence-corrected chi connectivity index (χ1v) is 13.2. The molecule has 36 heavy (non-hydrogen) atoms. The molecule has 8 heteroatoms. The van der Waals surface area contributed by atoms with Crippen molar-refractivity contribution in [2.75, 3.05) is 55.2 Å². The Balaban J connectivity index is 1.50. The standard InChI is InChI=1S/C28H40N6O2/c1-5-21-16-23(17-30-26(21)29)31-27(35)28(36)34-18-19(3)7-9-25(34)22-8-10-24(20(4)15-22)33-13-11-32(6-2)12-14-33/h8,10,15-17,19,25H,5-7,9,11-14,18H2,1-4H3,(H2,29,30)(H,31,35)/t19-,25+/m0/s1. The lowest BCUT2D eigenvalue weighted by molar-refractivity contribution is -0.146. The Kier molecular flexibility index (Phi) is 8.14. The highest BCUT2D eigenvalue weighted by Crippen LogP contribution is 2.35. The van der Waals surface area contributed by atoms with Crippen LogP contribution in [0.3, 0.4) is 0 Å². The second-order valence-corrected chi connectivity index (χ2v) is 10.2. The Morgan fingerprint density at radius 3 is 2.53 bits per heavy atom. The summed E-state index contributed by atoms with van der Waals surface area (Å²) >= 11 is 0. The number of amides is 2. The number of pyridine rings is 1. The van der Waals surface area contributed by atoms with Gasteiger partial charge in [0.15, 0.2) is 0 Å². The maximum Gasteiger partial charge on any atom is 0.313 e. The summed E-state index contributed by atoms with van der Waals surface area (Å²) in [7, 11) is 0. The highest BCUT2D eigenvalue weighted by molar-refractivity contribution is 6.39. The van der Waals surface area contributed by atoms with Gasteiger partial charge < -0.3 is 25.8 Å². The molecule has 4 rings (SSSR count). The van der Waals surface area contributed by atoms with Crippen LogP contribution in [0.2, 0.25) is 0 Å². The van der Waals surface area contributed by atoms with E-state index < -0.39 is 11.8 Å². The molecule has 1 aromatic carbocycles. The van der Waals surface area contributed by atoms with E-state index in [-0.39, 0.29) is 6.04 Å². The van der Waals surface area contributed by atoms with Crippen molar-refractivity contribution in [1.82, 2.24) is 14.8 Å². The predicted molar refractivity (Wildman–Crippen MR) is 145 cm³/mol. The van der Waals surface area contributed by atoms with Crippen LogP contribution in [-0.2, 0) is 16.0 Å². The fourth-order valence-corrected chi connectivity index (χ4v) is 5.46. The number of benzene rings is 1. The molecule has 2 amide bonds. The number of nitrogens with one attached hydrogen (secondary N) is 1. The number of anilines is 3. The summed E-state index contributed by atoms with van der Waals surface area (Å²) in [6, 6.07) is 8.22. The van der Waals surface area contributed by atoms with E-state index in [4.69, 9.17) is 5.73 Å². The third-order valence-corrected chi connectivity index (χ3v) is 7.68. The van der Waals surface area contributed by atoms with Crippen molar-refractivity contribution in [2.45, 2.75) is 53.0 Å². The van der Waals surface area contributed by atoms with Crippen LogP contribution in [0, 0.1) is 12.8 Å². The molecule has 2 aliphatic heterocycles. The maximum absolute atomic E-state index is 13.4. The summed E-state index contributed by atoms with van der Waals surface area (Å²) < 4.78 is 0. The molecule has 194 valence electrons. The number of piperazine rings is 1. The average Bonchev–Trinajstić information content (AvgIpc) is 2.89. The third kappa shape index (κ3) is 5.64. The summed E-state index contributed by atoms with van der Waals surface area (Å²) in [5.74, 6) is -0.348. The van der Waals surface area contributed by atoms with E-state index in [1.165, 1.54) is 17.4 Å². The zero-order valence-corrected chi connectivity index (χ0v) is 22.1. The van der Waals surface area contributed by atoms with Gasteiger partial charge in [0, 0.05) is 38.4 Å². The minimum absolute atomic E-state index is 0.111. The van der Waals surface area contributed by atoms with Crippen LogP contribution in [0.5, 0.6) is 0 Å². The van der Waals surface area contributed by atoms with Gasteiger partial charge in [-0.05, 0) is 67.5 Å². The topological polar surface area (TPSA) is 94.8 Å². The summed E-state index contributed by atoms with van der Waals surface area (Å²) in [6.45, 7) is 14.3. The van der Waals surface area contributed by atoms with Crippen molar-refractivity contribution in [3.63, 3.8) is 0 Å². The molecule has 2 atom stereocenters. The van der Waals surface area contributed by atoms with Crippen molar-refractivity contribution in [3.05, 3.63) is 47.2 Å². The zero-order valence-electron chi connectivity index (χ0n) is 22.1. The molecule has 8 nitrogen and oxygen atoms in total. The van der Waals surface area contributed by atoms with Crippen molar-refractivity contribution in [2.24, 2.45) is 5.92 Å². The number of rotatable bonds is 5. The number of hydrogen-bond donors (Lipinski definition) is 2. The molecule has 2 saturated heterocycles. The number of aromatic nitrogens is 1. The number of nitrogens with two attached hydrogens (primary N) is 1. The summed E-state index contributed by atoms with van der Waals surface area (Å²) in [5, 5.41) is 2.74. The Morgan fingerprint density at radius 2 is 1.86 bits per heavy atom. The molecular formula is C28H40N6O2. The molecule has 2 fully saturated rings. The monoisotopic (exact) mass is 492 g/mol. The van der Waals surface area contributed by atoms with Gasteiger partial charge in [-0.15, -0.1) is 0 Å². The van der Waals surface area contributed by atoms with Crippen LogP contribution >= 0.6 is 0 Å². The second-order valence-electron chi connectivity index (χ2n) is 10.2. The van der Waals surface area contributed by atoms with Crippen molar-refractivity contribution >= 4 is 29.0 Å². The molecule has 1 aromatic heterocycles. The second kappa shape index (κ2) is 11.3. The van der Waals surface area contributed by atoms with Crippen LogP contribution in [0.25, 0.3) is 0 Å². The van der Waals surface area contributed by atoms with Gasteiger partial charge in [0.2, 0.25) is 0 Å². The van der Waals surface area contributed by atoms with Gasteiger partial charge in [-0.3, -0.25) is 9.59 Å². The van der Waals surface area contributed by atoms with Gasteiger partial charge in [-0.2, -0.15) is 0 Å². The molecule has 0 saturated carbocycles. The van der Waals surface area contributed by atoms with Gasteiger partial charge in [-0.1, -0.05) is 32.9 Å². The van der Waals surface area contributed by atoms with Gasteiger partial charge in [-0.25, -0.2) is 4.98 Å². The van der Waals surface area contributed by atoms with Gasteiger partial charge >= 0.3 is 11.8 Å². The SMILES string of the molecule is CCc1cc(NC(=O)C(=O)N2C[C@@H](C)CC[C@@H]2c2ccc(N3CCN(CC)CC3)c(C)c2)cnc1N. The first kappa shape index (κ1) is 25.9. The zero-order chi connectivity index (χ0) is 25.8. The number of carbonyl (C=O) groups excluding carboxylic acids is 2. The normalized spacial score (nSPS) is 20.9. The van der Waals surface area contributed by atoms with Gasteiger partial charge in [0.1, 0.15) is 5.82 Å². The first-order valence-electron chi connectivity index (χ1n) is 13.2. The van der Waals surface area contributed by atoms with Crippen LogP contribution in [0.4, 0.5) is 17.2 Å². The number of nitrogen functional groups attached to an aromatic ring is 1. The van der Waals surface area contributed by atoms with E-state index in [9.17, 15) is 9.59 Å². The van der Waals surface area contributed by atoms with E-state index >= 15 is 0 Å². The first-order chi connectivity index (χ1) is 17.3. The summed E-state index contributed by atoms with van der Waals surface area (Å²) in [6.07, 6.45) is 4.07. The molecule has 3 heterocycles. The van der Waals surface area contributed by atoms with Crippen LogP contribution < -0.4 is 16.0 Å². The number of piperidine rings is 1. The number of likely N-dealkylation sites (tertiary alicyclic amines) is 1.